The van der Waals surface area contributed by atoms with E-state index in [9.17, 15) is 0 Å². The summed E-state index contributed by atoms with van der Waals surface area (Å²) in [5.74, 6) is 0. The molecule has 0 aliphatic heterocycles. The number of hydrogen-bond donors (Lipinski definition) is 3. The Morgan fingerprint density at radius 2 is 1.00 bits per heavy atom. The second-order valence-electron chi connectivity index (χ2n) is 0.346. The second-order valence-corrected chi connectivity index (χ2v) is 0.346. The molecular formula is H7BKNaO3ScSr. The SMILES string of the molecule is OB(O)O.[KH].[NaH].[Sc].[SrH2]. The van der Waals surface area contributed by atoms with E-state index in [0.29, 0.717) is 0 Å². The molecule has 35 valence electrons. The Balaban J connectivity index is -0.00000000750. The maximum atomic E-state index is 7.17. The van der Waals surface area contributed by atoms with Gasteiger partial charge in [0, 0.05) is 25.8 Å². The molecule has 0 rings (SSSR count). The van der Waals surface area contributed by atoms with E-state index in [-0.39, 0.29) is 152 Å². The predicted molar refractivity (Wildman–Crippen MR) is 35.3 cm³/mol. The Labute approximate surface area is 169 Å². The molecule has 3 nitrogen and oxygen atoms in total. The quantitative estimate of drug-likeness (QED) is 0.387. The van der Waals surface area contributed by atoms with Crippen molar-refractivity contribution < 1.29 is 40.9 Å². The van der Waals surface area contributed by atoms with Gasteiger partial charge in [0.2, 0.25) is 0 Å². The van der Waals surface area contributed by atoms with Crippen LogP contribution in [0.1, 0.15) is 0 Å². The molecule has 3 N–H and O–H groups in total. The van der Waals surface area contributed by atoms with E-state index in [2.05, 4.69) is 0 Å². The Bertz CT molecular complexity index is 24.0. The molecule has 0 aromatic rings. The Kier molecular flexibility index (Phi) is 82.9. The van der Waals surface area contributed by atoms with Gasteiger partial charge in [0.25, 0.3) is 0 Å². The molecule has 0 atom stereocenters. The molecule has 8 heavy (non-hydrogen) atoms. The Morgan fingerprint density at radius 3 is 1.00 bits per heavy atom. The first kappa shape index (κ1) is 29.3. The summed E-state index contributed by atoms with van der Waals surface area (Å²) in [6.07, 6.45) is 0. The van der Waals surface area contributed by atoms with Crippen LogP contribution in [0.25, 0.3) is 0 Å². The summed E-state index contributed by atoms with van der Waals surface area (Å²) in [5.41, 5.74) is 0. The maximum absolute atomic E-state index is 7.17. The number of hydrogen-bond acceptors (Lipinski definition) is 3. The molecule has 0 amide bonds. The van der Waals surface area contributed by atoms with Crippen molar-refractivity contribution in [2.45, 2.75) is 0 Å². The summed E-state index contributed by atoms with van der Waals surface area (Å²) in [6.45, 7) is 0. The van der Waals surface area contributed by atoms with Gasteiger partial charge in [-0.1, -0.05) is 0 Å². The van der Waals surface area contributed by atoms with Crippen molar-refractivity contribution in [2.75, 3.05) is 0 Å². The Hall–Kier alpha value is 4.93. The van der Waals surface area contributed by atoms with Crippen LogP contribution >= 0.6 is 0 Å². The summed E-state index contributed by atoms with van der Waals surface area (Å²) in [5, 5.41) is 21.5. The number of rotatable bonds is 0. The van der Waals surface area contributed by atoms with E-state index in [1.54, 1.807) is 0 Å². The van der Waals surface area contributed by atoms with Gasteiger partial charge in [-0.3, -0.25) is 0 Å². The van der Waals surface area contributed by atoms with E-state index in [4.69, 9.17) is 15.1 Å². The van der Waals surface area contributed by atoms with Crippen molar-refractivity contribution in [1.29, 1.82) is 0 Å². The van der Waals surface area contributed by atoms with Crippen molar-refractivity contribution in [3.63, 3.8) is 0 Å². The normalized spacial score (nSPS) is 3.38. The van der Waals surface area contributed by atoms with Gasteiger partial charge in [0.1, 0.15) is 0 Å². The van der Waals surface area contributed by atoms with Crippen molar-refractivity contribution in [2.24, 2.45) is 0 Å². The van der Waals surface area contributed by atoms with Crippen LogP contribution in [0.15, 0.2) is 0 Å². The van der Waals surface area contributed by atoms with Gasteiger partial charge in [-0.05, 0) is 0 Å². The van der Waals surface area contributed by atoms with Gasteiger partial charge in [0.15, 0.2) is 0 Å². The summed E-state index contributed by atoms with van der Waals surface area (Å²) < 4.78 is 0. The van der Waals surface area contributed by atoms with Crippen molar-refractivity contribution in [1.82, 2.24) is 0 Å². The molecule has 0 spiro atoms. The van der Waals surface area contributed by atoms with Crippen LogP contribution in [0.4, 0.5) is 0 Å². The van der Waals surface area contributed by atoms with E-state index in [0.717, 1.165) is 0 Å². The van der Waals surface area contributed by atoms with Gasteiger partial charge >= 0.3 is 134 Å². The molecule has 0 fully saturated rings. The summed E-state index contributed by atoms with van der Waals surface area (Å²) in [7, 11) is -2.17. The molecule has 8 heteroatoms. The average molecular weight is 261 g/mol. The van der Waals surface area contributed by atoms with Crippen molar-refractivity contribution >= 4 is 134 Å². The molecule has 0 aromatic carbocycles. The summed E-state index contributed by atoms with van der Waals surface area (Å²) >= 11 is 0. The fourth-order valence-electron chi connectivity index (χ4n) is 0. The fourth-order valence-corrected chi connectivity index (χ4v) is 0. The molecule has 0 unspecified atom stereocenters. The van der Waals surface area contributed by atoms with Crippen LogP contribution in [0, 0.1) is 0 Å². The van der Waals surface area contributed by atoms with Crippen molar-refractivity contribution in [3.8, 4) is 0 Å². The first-order valence-corrected chi connectivity index (χ1v) is 0.775. The Morgan fingerprint density at radius 1 is 1.00 bits per heavy atom. The third kappa shape index (κ3) is 44.3. The average Bonchev–Trinajstić information content (AvgIpc) is 0.811. The second kappa shape index (κ2) is 22.7. The van der Waals surface area contributed by atoms with Gasteiger partial charge in [-0.25, -0.2) is 0 Å². The van der Waals surface area contributed by atoms with Crippen LogP contribution in [-0.2, 0) is 25.8 Å². The van der Waals surface area contributed by atoms with Gasteiger partial charge in [-0.15, -0.1) is 0 Å². The minimum atomic E-state index is -2.17. The van der Waals surface area contributed by atoms with Gasteiger partial charge in [0.05, 0.1) is 0 Å². The monoisotopic (exact) mass is 261 g/mol. The fraction of sp³-hybridized carbons (Fsp3) is 0. The van der Waals surface area contributed by atoms with E-state index in [1.807, 2.05) is 0 Å². The zero-order valence-corrected chi connectivity index (χ0v) is 4.30. The molecule has 0 bridgehead atoms. The molecule has 0 heterocycles. The zero-order valence-electron chi connectivity index (χ0n) is 2.50. The molecule has 0 aliphatic rings. The summed E-state index contributed by atoms with van der Waals surface area (Å²) in [6, 6.07) is 0. The molecule has 0 saturated heterocycles. The van der Waals surface area contributed by atoms with Gasteiger partial charge in [-0.2, -0.15) is 0 Å². The van der Waals surface area contributed by atoms with Gasteiger partial charge < -0.3 is 15.1 Å². The van der Waals surface area contributed by atoms with Crippen LogP contribution in [0.5, 0.6) is 0 Å². The first-order chi connectivity index (χ1) is 1.73. The van der Waals surface area contributed by atoms with E-state index in [1.165, 1.54) is 0 Å². The topological polar surface area (TPSA) is 60.7 Å². The molecule has 0 aliphatic carbocycles. The molecule has 0 aromatic heterocycles. The summed E-state index contributed by atoms with van der Waals surface area (Å²) in [4.78, 5) is 0. The third-order valence-electron chi connectivity index (χ3n) is 0. The molecular weight excluding hydrogens is 253 g/mol. The van der Waals surface area contributed by atoms with Crippen LogP contribution in [0.3, 0.4) is 0 Å². The molecule has 1 radical (unpaired) electrons. The third-order valence-corrected chi connectivity index (χ3v) is 0. The van der Waals surface area contributed by atoms with Crippen LogP contribution in [-0.4, -0.2) is 149 Å². The zero-order chi connectivity index (χ0) is 3.58. The van der Waals surface area contributed by atoms with E-state index >= 15 is 0 Å². The predicted octanol–water partition coefficient (Wildman–Crippen LogP) is -4.27. The van der Waals surface area contributed by atoms with E-state index < -0.39 is 7.32 Å². The van der Waals surface area contributed by atoms with Crippen LogP contribution in [0.2, 0.25) is 0 Å². The van der Waals surface area contributed by atoms with Crippen LogP contribution < -0.4 is 0 Å². The minimum absolute atomic E-state index is 0. The molecule has 0 saturated carbocycles. The van der Waals surface area contributed by atoms with Crippen molar-refractivity contribution in [3.05, 3.63) is 0 Å². The first-order valence-electron chi connectivity index (χ1n) is 0.775. The standard InChI is InChI=1S/BH3O3.K.Na.Sc.Sr.4H/c2-1(3)4;;;;;;;;/h2-4H;;;;;;;;.